The number of halogens is 1. The van der Waals surface area contributed by atoms with Crippen molar-refractivity contribution in [2.75, 3.05) is 20.1 Å². The molecule has 1 N–H and O–H groups in total. The molecule has 2 aromatic rings. The SMILES string of the molecule is CNC1CCN(C(=O)c2cc(C)n(-c3cccc(Br)c3)c2C)CC1. The average molecular weight is 390 g/mol. The van der Waals surface area contributed by atoms with Crippen molar-refractivity contribution in [3.63, 3.8) is 0 Å². The lowest BCUT2D eigenvalue weighted by Gasteiger charge is -2.31. The number of amides is 1. The molecule has 0 aliphatic carbocycles. The number of hydrogen-bond donors (Lipinski definition) is 1. The molecule has 1 fully saturated rings. The minimum absolute atomic E-state index is 0.152. The molecule has 1 aromatic carbocycles. The fourth-order valence-electron chi connectivity index (χ4n) is 3.53. The maximum absolute atomic E-state index is 13.0. The van der Waals surface area contributed by atoms with Gasteiger partial charge in [-0.15, -0.1) is 0 Å². The molecule has 128 valence electrons. The quantitative estimate of drug-likeness (QED) is 0.868. The summed E-state index contributed by atoms with van der Waals surface area (Å²) in [6.07, 6.45) is 2.04. The molecule has 5 heteroatoms. The second kappa shape index (κ2) is 7.11. The molecule has 1 aliphatic rings. The first-order chi connectivity index (χ1) is 11.5. The summed E-state index contributed by atoms with van der Waals surface area (Å²) in [7, 11) is 1.99. The van der Waals surface area contributed by atoms with Crippen LogP contribution in [0.5, 0.6) is 0 Å². The van der Waals surface area contributed by atoms with Crippen molar-refractivity contribution >= 4 is 21.8 Å². The molecule has 0 spiro atoms. The molecule has 1 amide bonds. The second-order valence-electron chi connectivity index (χ2n) is 6.46. The number of hydrogen-bond acceptors (Lipinski definition) is 2. The van der Waals surface area contributed by atoms with Gasteiger partial charge < -0.3 is 14.8 Å². The van der Waals surface area contributed by atoms with Crippen LogP contribution in [0.15, 0.2) is 34.8 Å². The maximum Gasteiger partial charge on any atom is 0.255 e. The third kappa shape index (κ3) is 3.28. The van der Waals surface area contributed by atoms with Gasteiger partial charge in [0.25, 0.3) is 5.91 Å². The highest BCUT2D eigenvalue weighted by Gasteiger charge is 2.25. The molecule has 3 rings (SSSR count). The smallest absolute Gasteiger partial charge is 0.255 e. The highest BCUT2D eigenvalue weighted by Crippen LogP contribution is 2.25. The van der Waals surface area contributed by atoms with Crippen molar-refractivity contribution in [3.05, 3.63) is 51.8 Å². The Balaban J connectivity index is 1.88. The molecule has 2 heterocycles. The van der Waals surface area contributed by atoms with E-state index in [4.69, 9.17) is 0 Å². The van der Waals surface area contributed by atoms with Crippen molar-refractivity contribution in [3.8, 4) is 5.69 Å². The van der Waals surface area contributed by atoms with Gasteiger partial charge in [-0.3, -0.25) is 4.79 Å². The number of carbonyl (C=O) groups excluding carboxylic acids is 1. The van der Waals surface area contributed by atoms with Gasteiger partial charge in [-0.05, 0) is 58.0 Å². The van der Waals surface area contributed by atoms with Crippen LogP contribution in [0.2, 0.25) is 0 Å². The largest absolute Gasteiger partial charge is 0.338 e. The zero-order valence-corrected chi connectivity index (χ0v) is 16.1. The van der Waals surface area contributed by atoms with Gasteiger partial charge in [0.15, 0.2) is 0 Å². The molecule has 1 aliphatic heterocycles. The number of nitrogens with zero attached hydrogens (tertiary/aromatic N) is 2. The Morgan fingerprint density at radius 2 is 1.92 bits per heavy atom. The zero-order valence-electron chi connectivity index (χ0n) is 14.5. The molecule has 0 atom stereocenters. The van der Waals surface area contributed by atoms with E-state index in [0.29, 0.717) is 6.04 Å². The van der Waals surface area contributed by atoms with Crippen LogP contribution >= 0.6 is 15.9 Å². The standard InChI is InChI=1S/C19H24BrN3O/c1-13-11-18(19(24)22-9-7-16(21-3)8-10-22)14(2)23(13)17-6-4-5-15(20)12-17/h4-6,11-12,16,21H,7-10H2,1-3H3. The number of benzene rings is 1. The number of piperidine rings is 1. The Morgan fingerprint density at radius 1 is 1.21 bits per heavy atom. The van der Waals surface area contributed by atoms with Crippen molar-refractivity contribution in [2.24, 2.45) is 0 Å². The summed E-state index contributed by atoms with van der Waals surface area (Å²) >= 11 is 3.52. The van der Waals surface area contributed by atoms with Gasteiger partial charge >= 0.3 is 0 Å². The highest BCUT2D eigenvalue weighted by molar-refractivity contribution is 9.10. The zero-order chi connectivity index (χ0) is 17.3. The molecule has 0 unspecified atom stereocenters. The van der Waals surface area contributed by atoms with Crippen LogP contribution in [0.3, 0.4) is 0 Å². The summed E-state index contributed by atoms with van der Waals surface area (Å²) < 4.78 is 3.19. The van der Waals surface area contributed by atoms with Crippen molar-refractivity contribution < 1.29 is 4.79 Å². The summed E-state index contributed by atoms with van der Waals surface area (Å²) in [5.74, 6) is 0.152. The minimum atomic E-state index is 0.152. The van der Waals surface area contributed by atoms with Gasteiger partial charge in [0, 0.05) is 40.7 Å². The van der Waals surface area contributed by atoms with E-state index in [-0.39, 0.29) is 5.91 Å². The lowest BCUT2D eigenvalue weighted by atomic mass is 10.0. The van der Waals surface area contributed by atoms with E-state index in [1.165, 1.54) is 0 Å². The van der Waals surface area contributed by atoms with Crippen LogP contribution in [-0.4, -0.2) is 41.6 Å². The van der Waals surface area contributed by atoms with Crippen LogP contribution in [0.4, 0.5) is 0 Å². The topological polar surface area (TPSA) is 37.3 Å². The minimum Gasteiger partial charge on any atom is -0.338 e. The van der Waals surface area contributed by atoms with Gasteiger partial charge in [-0.1, -0.05) is 22.0 Å². The highest BCUT2D eigenvalue weighted by atomic mass is 79.9. The maximum atomic E-state index is 13.0. The molecule has 1 aromatic heterocycles. The number of rotatable bonds is 3. The van der Waals surface area contributed by atoms with Crippen LogP contribution < -0.4 is 5.32 Å². The van der Waals surface area contributed by atoms with E-state index < -0.39 is 0 Å². The van der Waals surface area contributed by atoms with Crippen molar-refractivity contribution in [1.29, 1.82) is 0 Å². The van der Waals surface area contributed by atoms with Crippen LogP contribution in [-0.2, 0) is 0 Å². The first kappa shape index (κ1) is 17.2. The molecular formula is C19H24BrN3O. The average Bonchev–Trinajstić information content (AvgIpc) is 2.89. The first-order valence-corrected chi connectivity index (χ1v) is 9.22. The predicted molar refractivity (Wildman–Crippen MR) is 101 cm³/mol. The van der Waals surface area contributed by atoms with E-state index >= 15 is 0 Å². The van der Waals surface area contributed by atoms with Gasteiger partial charge in [0.1, 0.15) is 0 Å². The predicted octanol–water partition coefficient (Wildman–Crippen LogP) is 3.68. The fourth-order valence-corrected chi connectivity index (χ4v) is 3.92. The molecule has 4 nitrogen and oxygen atoms in total. The van der Waals surface area contributed by atoms with E-state index in [1.807, 2.05) is 37.1 Å². The Kier molecular flexibility index (Phi) is 5.11. The molecule has 0 radical (unpaired) electrons. The summed E-state index contributed by atoms with van der Waals surface area (Å²) in [4.78, 5) is 14.9. The van der Waals surface area contributed by atoms with Crippen LogP contribution in [0.1, 0.15) is 34.6 Å². The summed E-state index contributed by atoms with van der Waals surface area (Å²) in [6.45, 7) is 5.73. The van der Waals surface area contributed by atoms with Crippen LogP contribution in [0.25, 0.3) is 5.69 Å². The third-order valence-corrected chi connectivity index (χ3v) is 5.41. The summed E-state index contributed by atoms with van der Waals surface area (Å²) in [5.41, 5.74) is 3.98. The lowest BCUT2D eigenvalue weighted by molar-refractivity contribution is 0.0706. The van der Waals surface area contributed by atoms with E-state index in [2.05, 4.69) is 44.9 Å². The number of likely N-dealkylation sites (tertiary alicyclic amines) is 1. The monoisotopic (exact) mass is 389 g/mol. The third-order valence-electron chi connectivity index (χ3n) is 4.92. The van der Waals surface area contributed by atoms with Crippen LogP contribution in [0, 0.1) is 13.8 Å². The van der Waals surface area contributed by atoms with Gasteiger partial charge in [-0.2, -0.15) is 0 Å². The normalized spacial score (nSPS) is 15.8. The fraction of sp³-hybridized carbons (Fsp3) is 0.421. The van der Waals surface area contributed by atoms with Crippen molar-refractivity contribution in [2.45, 2.75) is 32.7 Å². The Bertz CT molecular complexity index is 745. The molecule has 0 saturated carbocycles. The van der Waals surface area contributed by atoms with Gasteiger partial charge in [0.05, 0.1) is 5.56 Å². The number of aromatic nitrogens is 1. The Morgan fingerprint density at radius 3 is 2.54 bits per heavy atom. The number of carbonyl (C=O) groups is 1. The van der Waals surface area contributed by atoms with E-state index in [0.717, 1.165) is 53.0 Å². The number of aryl methyl sites for hydroxylation is 1. The summed E-state index contributed by atoms with van der Waals surface area (Å²) in [5, 5.41) is 3.31. The van der Waals surface area contributed by atoms with Crippen molar-refractivity contribution in [1.82, 2.24) is 14.8 Å². The van der Waals surface area contributed by atoms with E-state index in [9.17, 15) is 4.79 Å². The second-order valence-corrected chi connectivity index (χ2v) is 7.37. The Labute approximate surface area is 152 Å². The van der Waals surface area contributed by atoms with Gasteiger partial charge in [0.2, 0.25) is 0 Å². The number of nitrogens with one attached hydrogen (secondary N) is 1. The summed E-state index contributed by atoms with van der Waals surface area (Å²) in [6, 6.07) is 10.7. The molecule has 24 heavy (non-hydrogen) atoms. The Hall–Kier alpha value is -1.59. The van der Waals surface area contributed by atoms with E-state index in [1.54, 1.807) is 0 Å². The molecule has 0 bridgehead atoms. The molecule has 1 saturated heterocycles. The van der Waals surface area contributed by atoms with Gasteiger partial charge in [-0.25, -0.2) is 0 Å². The molecular weight excluding hydrogens is 366 g/mol. The first-order valence-electron chi connectivity index (χ1n) is 8.42. The lowest BCUT2D eigenvalue weighted by Crippen LogP contribution is -2.44.